The number of hydrogen-bond donors (Lipinski definition) is 0. The third-order valence-corrected chi connectivity index (χ3v) is 12.9. The largest absolute Gasteiger partial charge is 0.756 e. The number of phosphoric acid groups is 1. The Labute approximate surface area is 397 Å². The van der Waals surface area contributed by atoms with Crippen LogP contribution in [0.2, 0.25) is 0 Å². The number of hydrogen-bond acceptors (Lipinski definition) is 7. The van der Waals surface area contributed by atoms with Crippen LogP contribution in [0, 0.1) is 0 Å². The Morgan fingerprint density at radius 1 is 0.484 bits per heavy atom. The van der Waals surface area contributed by atoms with Crippen molar-refractivity contribution in [3.8, 4) is 0 Å². The SMILES string of the molecule is CCCCCC/C=C\C/C=C\CCCCCCCCOCC(COP(=O)([O-])OCC[N+](C)(C)C)OC(=O)CCCCCCCCCCCCCCC/C=C\CCCCCCCCCC. The van der Waals surface area contributed by atoms with Crippen LogP contribution < -0.4 is 4.89 Å². The fourth-order valence-corrected chi connectivity index (χ4v) is 8.42. The molecule has 9 heteroatoms. The molecule has 0 aromatic heterocycles. The van der Waals surface area contributed by atoms with E-state index in [2.05, 4.69) is 50.3 Å². The van der Waals surface area contributed by atoms with Crippen molar-refractivity contribution >= 4 is 13.8 Å². The van der Waals surface area contributed by atoms with Crippen molar-refractivity contribution in [2.45, 2.75) is 258 Å². The molecular weight excluding hydrogens is 818 g/mol. The van der Waals surface area contributed by atoms with Crippen LogP contribution in [0.4, 0.5) is 0 Å². The van der Waals surface area contributed by atoms with E-state index >= 15 is 0 Å². The highest BCUT2D eigenvalue weighted by Gasteiger charge is 2.20. The van der Waals surface area contributed by atoms with Crippen molar-refractivity contribution in [3.63, 3.8) is 0 Å². The summed E-state index contributed by atoms with van der Waals surface area (Å²) >= 11 is 0. The van der Waals surface area contributed by atoms with Gasteiger partial charge in [-0.05, 0) is 70.6 Å². The molecule has 0 N–H and O–H groups in total. The van der Waals surface area contributed by atoms with Gasteiger partial charge >= 0.3 is 5.97 Å². The normalized spacial score (nSPS) is 13.8. The molecule has 0 spiro atoms. The van der Waals surface area contributed by atoms with E-state index in [1.54, 1.807) is 0 Å². The maximum atomic E-state index is 12.8. The molecule has 0 heterocycles. The molecule has 0 aromatic rings. The second-order valence-corrected chi connectivity index (χ2v) is 21.0. The molecule has 0 aliphatic carbocycles. The first kappa shape index (κ1) is 62.7. The van der Waals surface area contributed by atoms with Gasteiger partial charge in [-0.25, -0.2) is 0 Å². The number of quaternary nitrogens is 1. The molecule has 0 fully saturated rings. The second kappa shape index (κ2) is 48.2. The van der Waals surface area contributed by atoms with Crippen LogP contribution in [0.5, 0.6) is 0 Å². The van der Waals surface area contributed by atoms with Crippen LogP contribution in [-0.2, 0) is 27.9 Å². The number of carbonyl (C=O) groups excluding carboxylic acids is 1. The third kappa shape index (κ3) is 51.7. The fraction of sp³-hybridized carbons (Fsp3) is 0.873. The first-order valence-electron chi connectivity index (χ1n) is 27.2. The van der Waals surface area contributed by atoms with Crippen molar-refractivity contribution in [2.24, 2.45) is 0 Å². The zero-order valence-electron chi connectivity index (χ0n) is 43.0. The van der Waals surface area contributed by atoms with Gasteiger partial charge in [-0.15, -0.1) is 0 Å². The summed E-state index contributed by atoms with van der Waals surface area (Å²) in [5.41, 5.74) is 0. The van der Waals surface area contributed by atoms with Crippen LogP contribution in [0.15, 0.2) is 36.5 Å². The number of allylic oxidation sites excluding steroid dienone is 6. The lowest BCUT2D eigenvalue weighted by molar-refractivity contribution is -0.870. The molecule has 0 radical (unpaired) electrons. The summed E-state index contributed by atoms with van der Waals surface area (Å²) in [6.07, 6.45) is 58.9. The Kier molecular flexibility index (Phi) is 47.2. The molecular formula is C55H106NO7P. The molecule has 64 heavy (non-hydrogen) atoms. The van der Waals surface area contributed by atoms with Crippen molar-refractivity contribution in [1.82, 2.24) is 0 Å². The van der Waals surface area contributed by atoms with E-state index in [1.165, 1.54) is 180 Å². The minimum absolute atomic E-state index is 0.0245. The molecule has 0 bridgehead atoms. The lowest BCUT2D eigenvalue weighted by Crippen LogP contribution is -2.37. The molecule has 0 rings (SSSR count). The molecule has 0 amide bonds. The fourth-order valence-electron chi connectivity index (χ4n) is 7.69. The van der Waals surface area contributed by atoms with Crippen molar-refractivity contribution in [3.05, 3.63) is 36.5 Å². The van der Waals surface area contributed by atoms with Crippen LogP contribution in [0.3, 0.4) is 0 Å². The van der Waals surface area contributed by atoms with Crippen molar-refractivity contribution < 1.29 is 37.3 Å². The smallest absolute Gasteiger partial charge is 0.306 e. The Bertz CT molecular complexity index is 1120. The first-order chi connectivity index (χ1) is 31.1. The first-order valence-corrected chi connectivity index (χ1v) is 28.7. The predicted molar refractivity (Wildman–Crippen MR) is 273 cm³/mol. The van der Waals surface area contributed by atoms with Gasteiger partial charge in [0.15, 0.2) is 0 Å². The highest BCUT2D eigenvalue weighted by atomic mass is 31.2. The molecule has 0 aliphatic rings. The summed E-state index contributed by atoms with van der Waals surface area (Å²) < 4.78 is 34.8. The lowest BCUT2D eigenvalue weighted by atomic mass is 10.0. The summed E-state index contributed by atoms with van der Waals surface area (Å²) in [4.78, 5) is 25.2. The highest BCUT2D eigenvalue weighted by Crippen LogP contribution is 2.38. The minimum Gasteiger partial charge on any atom is -0.756 e. The van der Waals surface area contributed by atoms with E-state index in [9.17, 15) is 14.3 Å². The molecule has 2 atom stereocenters. The van der Waals surface area contributed by atoms with Gasteiger partial charge in [-0.2, -0.15) is 0 Å². The number of likely N-dealkylation sites (N-methyl/N-ethyl adjacent to an activating group) is 1. The summed E-state index contributed by atoms with van der Waals surface area (Å²) in [6.45, 7) is 5.41. The van der Waals surface area contributed by atoms with E-state index in [-0.39, 0.29) is 25.8 Å². The van der Waals surface area contributed by atoms with Gasteiger partial charge in [-0.1, -0.05) is 211 Å². The summed E-state index contributed by atoms with van der Waals surface area (Å²) in [7, 11) is 1.36. The second-order valence-electron chi connectivity index (χ2n) is 19.6. The van der Waals surface area contributed by atoms with Crippen molar-refractivity contribution in [2.75, 3.05) is 54.1 Å². The predicted octanol–water partition coefficient (Wildman–Crippen LogP) is 16.3. The van der Waals surface area contributed by atoms with Gasteiger partial charge in [0.2, 0.25) is 0 Å². The van der Waals surface area contributed by atoms with Gasteiger partial charge < -0.3 is 27.9 Å². The summed E-state index contributed by atoms with van der Waals surface area (Å²) in [5.74, 6) is -0.335. The van der Waals surface area contributed by atoms with Gasteiger partial charge in [-0.3, -0.25) is 9.36 Å². The van der Waals surface area contributed by atoms with E-state index in [0.717, 1.165) is 51.4 Å². The maximum absolute atomic E-state index is 12.8. The Hall–Kier alpha value is -1.28. The average molecular weight is 924 g/mol. The van der Waals surface area contributed by atoms with Crippen LogP contribution in [0.25, 0.3) is 0 Å². The van der Waals surface area contributed by atoms with Gasteiger partial charge in [0.05, 0.1) is 34.4 Å². The lowest BCUT2D eigenvalue weighted by Gasteiger charge is -2.28. The third-order valence-electron chi connectivity index (χ3n) is 11.9. The zero-order valence-corrected chi connectivity index (χ0v) is 43.9. The Balaban J connectivity index is 4.08. The number of nitrogens with zero attached hydrogens (tertiary/aromatic N) is 1. The molecule has 8 nitrogen and oxygen atoms in total. The van der Waals surface area contributed by atoms with E-state index in [0.29, 0.717) is 24.1 Å². The minimum atomic E-state index is -4.53. The number of carbonyl (C=O) groups is 1. The molecule has 0 saturated carbocycles. The quantitative estimate of drug-likeness (QED) is 0.0197. The Morgan fingerprint density at radius 2 is 0.859 bits per heavy atom. The van der Waals surface area contributed by atoms with Gasteiger partial charge in [0.1, 0.15) is 19.3 Å². The molecule has 0 saturated heterocycles. The number of unbranched alkanes of at least 4 members (excludes halogenated alkanes) is 31. The van der Waals surface area contributed by atoms with Crippen LogP contribution >= 0.6 is 7.82 Å². The number of ether oxygens (including phenoxy) is 2. The summed E-state index contributed by atoms with van der Waals surface area (Å²) in [6, 6.07) is 0. The molecule has 0 aromatic carbocycles. The van der Waals surface area contributed by atoms with E-state index in [4.69, 9.17) is 18.5 Å². The van der Waals surface area contributed by atoms with Crippen molar-refractivity contribution in [1.29, 1.82) is 0 Å². The number of esters is 1. The van der Waals surface area contributed by atoms with Gasteiger partial charge in [0.25, 0.3) is 7.82 Å². The summed E-state index contributed by atoms with van der Waals surface area (Å²) in [5, 5.41) is 0. The highest BCUT2D eigenvalue weighted by molar-refractivity contribution is 7.45. The Morgan fingerprint density at radius 3 is 1.30 bits per heavy atom. The van der Waals surface area contributed by atoms with E-state index in [1.807, 2.05) is 21.1 Å². The molecule has 0 aliphatic heterocycles. The standard InChI is InChI=1S/C55H106NO7P/c1-6-8-10-12-14-16-18-20-22-24-25-26-27-28-29-30-31-32-34-36-38-40-42-44-46-48-55(57)63-54(53-62-64(58,59)61-51-49-56(3,4)5)52-60-50-47-45-43-41-39-37-35-33-23-21-19-17-15-13-11-9-7-2/h17,19,23-25,33,54H,6-16,18,20-22,26-32,34-53H2,1-5H3/b19-17-,25-24-,33-23-. The zero-order chi connectivity index (χ0) is 46.9. The maximum Gasteiger partial charge on any atom is 0.306 e. The number of rotatable bonds is 51. The average Bonchev–Trinajstić information content (AvgIpc) is 3.25. The molecule has 378 valence electrons. The van der Waals surface area contributed by atoms with Crippen LogP contribution in [0.1, 0.15) is 251 Å². The van der Waals surface area contributed by atoms with Crippen LogP contribution in [-0.4, -0.2) is 70.7 Å². The van der Waals surface area contributed by atoms with Gasteiger partial charge in [0, 0.05) is 13.0 Å². The molecule has 2 unspecified atom stereocenters. The monoisotopic (exact) mass is 924 g/mol. The van der Waals surface area contributed by atoms with E-state index < -0.39 is 13.9 Å². The number of phosphoric ester groups is 1. The topological polar surface area (TPSA) is 94.1 Å².